The lowest BCUT2D eigenvalue weighted by Crippen LogP contribution is -2.47. The van der Waals surface area contributed by atoms with E-state index in [4.69, 9.17) is 9.73 Å². The molecule has 2 N–H and O–H groups in total. The first-order chi connectivity index (χ1) is 13.1. The summed E-state index contributed by atoms with van der Waals surface area (Å²) in [7, 11) is 1.66. The molecular formula is C19H28BrIN6O. The number of rotatable bonds is 6. The van der Waals surface area contributed by atoms with E-state index in [2.05, 4.69) is 68.7 Å². The molecule has 1 aromatic heterocycles. The number of hydrogen-bond donors (Lipinski definition) is 2. The van der Waals surface area contributed by atoms with E-state index in [1.54, 1.807) is 7.11 Å². The zero-order valence-corrected chi connectivity index (χ0v) is 20.5. The maximum Gasteiger partial charge on any atom is 0.191 e. The highest BCUT2D eigenvalue weighted by Crippen LogP contribution is 2.17. The normalized spacial score (nSPS) is 16.3. The fraction of sp³-hybridized carbons (Fsp3) is 0.526. The van der Waals surface area contributed by atoms with E-state index in [1.807, 2.05) is 4.68 Å². The lowest BCUT2D eigenvalue weighted by Gasteiger charge is -2.25. The third-order valence-electron chi connectivity index (χ3n) is 4.57. The highest BCUT2D eigenvalue weighted by molar-refractivity contribution is 14.0. The van der Waals surface area contributed by atoms with Gasteiger partial charge in [-0.1, -0.05) is 22.0 Å². The minimum Gasteiger partial charge on any atom is -0.377 e. The van der Waals surface area contributed by atoms with Crippen LogP contribution in [0.25, 0.3) is 0 Å². The van der Waals surface area contributed by atoms with E-state index >= 15 is 0 Å². The molecule has 1 atom stereocenters. The predicted molar refractivity (Wildman–Crippen MR) is 125 cm³/mol. The molecule has 0 saturated carbocycles. The zero-order chi connectivity index (χ0) is 19.2. The molecule has 7 nitrogen and oxygen atoms in total. The molecule has 3 rings (SSSR count). The number of ether oxygens (including phenoxy) is 1. The number of halogens is 2. The van der Waals surface area contributed by atoms with Gasteiger partial charge in [-0.05, 0) is 43.5 Å². The van der Waals surface area contributed by atoms with Crippen LogP contribution in [-0.2, 0) is 30.9 Å². The molecule has 0 saturated heterocycles. The maximum absolute atomic E-state index is 5.13. The van der Waals surface area contributed by atoms with E-state index in [0.717, 1.165) is 48.0 Å². The highest BCUT2D eigenvalue weighted by Gasteiger charge is 2.22. The lowest BCUT2D eigenvalue weighted by molar-refractivity contribution is 0.177. The molecule has 1 aliphatic rings. The van der Waals surface area contributed by atoms with Gasteiger partial charge < -0.3 is 15.4 Å². The van der Waals surface area contributed by atoms with Crippen molar-refractivity contribution in [3.8, 4) is 0 Å². The summed E-state index contributed by atoms with van der Waals surface area (Å²) in [6, 6.07) is 6.57. The zero-order valence-electron chi connectivity index (χ0n) is 16.5. The molecule has 0 spiro atoms. The Hall–Kier alpha value is -1.20. The van der Waals surface area contributed by atoms with Gasteiger partial charge in [-0.25, -0.2) is 14.7 Å². The fourth-order valence-electron chi connectivity index (χ4n) is 3.18. The van der Waals surface area contributed by atoms with Gasteiger partial charge in [-0.15, -0.1) is 24.0 Å². The van der Waals surface area contributed by atoms with Crippen molar-refractivity contribution in [2.45, 2.75) is 52.4 Å². The number of aliphatic imine (C=N–C) groups is 1. The van der Waals surface area contributed by atoms with Gasteiger partial charge in [0.2, 0.25) is 0 Å². The number of methoxy groups -OCH3 is 1. The molecule has 0 fully saturated rings. The van der Waals surface area contributed by atoms with E-state index in [9.17, 15) is 0 Å². The molecule has 154 valence electrons. The number of nitrogens with zero attached hydrogens (tertiary/aromatic N) is 4. The first-order valence-corrected chi connectivity index (χ1v) is 10.1. The summed E-state index contributed by atoms with van der Waals surface area (Å²) in [6.45, 7) is 6.90. The summed E-state index contributed by atoms with van der Waals surface area (Å²) in [5, 5.41) is 11.4. The van der Waals surface area contributed by atoms with Crippen molar-refractivity contribution in [1.29, 1.82) is 0 Å². The van der Waals surface area contributed by atoms with Crippen LogP contribution in [0.1, 0.15) is 36.1 Å². The molecule has 0 bridgehead atoms. The second kappa shape index (κ2) is 11.1. The standard InChI is InChI=1S/C19H27BrN6O.HI/c1-4-21-19(22-10-14-5-6-15(20)9-13(14)2)23-16-7-8-18-24-17(12-27-3)25-26(18)11-16;/h5-6,9,16H,4,7-8,10-12H2,1-3H3,(H2,21,22,23);1H. The SMILES string of the molecule is CCNC(=NCc1ccc(Br)cc1C)NC1CCc2nc(COC)nn2C1.I. The summed E-state index contributed by atoms with van der Waals surface area (Å²) in [4.78, 5) is 9.31. The van der Waals surface area contributed by atoms with Crippen LogP contribution in [0.3, 0.4) is 0 Å². The second-order valence-corrected chi connectivity index (χ2v) is 7.62. The quantitative estimate of drug-likeness (QED) is 0.321. The number of hydrogen-bond acceptors (Lipinski definition) is 4. The summed E-state index contributed by atoms with van der Waals surface area (Å²) in [6.07, 6.45) is 1.91. The van der Waals surface area contributed by atoms with Crippen LogP contribution >= 0.6 is 39.9 Å². The smallest absolute Gasteiger partial charge is 0.191 e. The first-order valence-electron chi connectivity index (χ1n) is 9.30. The van der Waals surface area contributed by atoms with Crippen LogP contribution < -0.4 is 10.6 Å². The van der Waals surface area contributed by atoms with E-state index in [1.165, 1.54) is 11.1 Å². The van der Waals surface area contributed by atoms with Crippen molar-refractivity contribution in [1.82, 2.24) is 25.4 Å². The van der Waals surface area contributed by atoms with E-state index in [-0.39, 0.29) is 30.0 Å². The monoisotopic (exact) mass is 562 g/mol. The third-order valence-corrected chi connectivity index (χ3v) is 5.07. The van der Waals surface area contributed by atoms with Crippen molar-refractivity contribution >= 4 is 45.9 Å². The maximum atomic E-state index is 5.13. The van der Waals surface area contributed by atoms with Gasteiger partial charge in [0.15, 0.2) is 11.8 Å². The van der Waals surface area contributed by atoms with Crippen LogP contribution in [0.5, 0.6) is 0 Å². The Balaban J connectivity index is 0.00000280. The van der Waals surface area contributed by atoms with Crippen LogP contribution in [0.2, 0.25) is 0 Å². The van der Waals surface area contributed by atoms with Gasteiger partial charge in [-0.3, -0.25) is 0 Å². The molecule has 9 heteroatoms. The summed E-state index contributed by atoms with van der Waals surface area (Å²) < 4.78 is 8.21. The van der Waals surface area contributed by atoms with Crippen molar-refractivity contribution in [2.75, 3.05) is 13.7 Å². The third kappa shape index (κ3) is 6.15. The van der Waals surface area contributed by atoms with Crippen molar-refractivity contribution in [3.63, 3.8) is 0 Å². The lowest BCUT2D eigenvalue weighted by atomic mass is 10.1. The Labute approximate surface area is 191 Å². The largest absolute Gasteiger partial charge is 0.377 e. The molecule has 0 aliphatic carbocycles. The van der Waals surface area contributed by atoms with E-state index in [0.29, 0.717) is 13.2 Å². The van der Waals surface area contributed by atoms with Gasteiger partial charge in [0.25, 0.3) is 0 Å². The number of aromatic nitrogens is 3. The Morgan fingerprint density at radius 3 is 2.96 bits per heavy atom. The predicted octanol–water partition coefficient (Wildman–Crippen LogP) is 3.18. The van der Waals surface area contributed by atoms with Gasteiger partial charge in [0.05, 0.1) is 13.1 Å². The first kappa shape index (κ1) is 23.1. The van der Waals surface area contributed by atoms with Gasteiger partial charge >= 0.3 is 0 Å². The average Bonchev–Trinajstić information content (AvgIpc) is 3.03. The minimum atomic E-state index is 0. The van der Waals surface area contributed by atoms with Crippen LogP contribution in [0, 0.1) is 6.92 Å². The van der Waals surface area contributed by atoms with Crippen LogP contribution in [0.4, 0.5) is 0 Å². The van der Waals surface area contributed by atoms with Crippen LogP contribution in [0.15, 0.2) is 27.7 Å². The molecule has 2 heterocycles. The number of aryl methyl sites for hydroxylation is 2. The molecular weight excluding hydrogens is 535 g/mol. The molecule has 0 amide bonds. The molecule has 2 aromatic rings. The Morgan fingerprint density at radius 2 is 2.25 bits per heavy atom. The van der Waals surface area contributed by atoms with Gasteiger partial charge in [0.1, 0.15) is 12.4 Å². The number of nitrogens with one attached hydrogen (secondary N) is 2. The Bertz CT molecular complexity index is 810. The average molecular weight is 563 g/mol. The fourth-order valence-corrected chi connectivity index (χ4v) is 3.66. The molecule has 1 aromatic carbocycles. The Kier molecular flexibility index (Phi) is 9.16. The van der Waals surface area contributed by atoms with E-state index < -0.39 is 0 Å². The highest BCUT2D eigenvalue weighted by atomic mass is 127. The Morgan fingerprint density at radius 1 is 1.43 bits per heavy atom. The van der Waals surface area contributed by atoms with Gasteiger partial charge in [0, 0.05) is 30.6 Å². The molecule has 1 aliphatic heterocycles. The molecule has 1 unspecified atom stereocenters. The number of guanidine groups is 1. The summed E-state index contributed by atoms with van der Waals surface area (Å²) in [5.74, 6) is 2.62. The molecule has 28 heavy (non-hydrogen) atoms. The second-order valence-electron chi connectivity index (χ2n) is 6.71. The number of benzene rings is 1. The van der Waals surface area contributed by atoms with Crippen LogP contribution in [-0.4, -0.2) is 40.4 Å². The van der Waals surface area contributed by atoms with Gasteiger partial charge in [-0.2, -0.15) is 5.10 Å². The topological polar surface area (TPSA) is 76.4 Å². The number of fused-ring (bicyclic) bond motifs is 1. The molecule has 0 radical (unpaired) electrons. The van der Waals surface area contributed by atoms with Crippen molar-refractivity contribution in [3.05, 3.63) is 45.4 Å². The summed E-state index contributed by atoms with van der Waals surface area (Å²) >= 11 is 3.51. The van der Waals surface area contributed by atoms with Crippen molar-refractivity contribution < 1.29 is 4.74 Å². The van der Waals surface area contributed by atoms with Crippen molar-refractivity contribution in [2.24, 2.45) is 4.99 Å². The minimum absolute atomic E-state index is 0. The summed E-state index contributed by atoms with van der Waals surface area (Å²) in [5.41, 5.74) is 2.46.